The van der Waals surface area contributed by atoms with Crippen molar-refractivity contribution < 1.29 is 23.9 Å². The van der Waals surface area contributed by atoms with Gasteiger partial charge in [-0.2, -0.15) is 12.6 Å². The van der Waals surface area contributed by atoms with Gasteiger partial charge in [0, 0.05) is 12.0 Å². The molecule has 34 heavy (non-hydrogen) atoms. The smallest absolute Gasteiger partial charge is 0.326 e. The first-order valence-electron chi connectivity index (χ1n) is 11.5. The number of thiol groups is 1. The summed E-state index contributed by atoms with van der Waals surface area (Å²) in [5.74, 6) is -2.33. The van der Waals surface area contributed by atoms with E-state index in [4.69, 9.17) is 0 Å². The van der Waals surface area contributed by atoms with Crippen molar-refractivity contribution in [2.24, 2.45) is 5.92 Å². The molecular formula is C26H31FN2O4S. The van der Waals surface area contributed by atoms with Crippen molar-refractivity contribution in [2.45, 2.75) is 62.8 Å². The molecule has 2 atom stereocenters. The van der Waals surface area contributed by atoms with Crippen molar-refractivity contribution in [3.8, 4) is 11.1 Å². The third-order valence-corrected chi connectivity index (χ3v) is 7.17. The number of amides is 2. The highest BCUT2D eigenvalue weighted by atomic mass is 32.1. The number of carbonyl (C=O) groups excluding carboxylic acids is 2. The number of carboxylic acids is 1. The molecule has 1 fully saturated rings. The van der Waals surface area contributed by atoms with Crippen LogP contribution in [-0.2, 0) is 20.8 Å². The molecule has 3 rings (SSSR count). The van der Waals surface area contributed by atoms with E-state index in [1.807, 2.05) is 13.8 Å². The van der Waals surface area contributed by atoms with Crippen molar-refractivity contribution in [3.05, 3.63) is 59.9 Å². The minimum Gasteiger partial charge on any atom is -0.480 e. The molecule has 0 aromatic heterocycles. The Bertz CT molecular complexity index is 1040. The van der Waals surface area contributed by atoms with Gasteiger partial charge >= 0.3 is 5.97 Å². The van der Waals surface area contributed by atoms with E-state index in [2.05, 4.69) is 23.3 Å². The molecule has 0 bridgehead atoms. The van der Waals surface area contributed by atoms with Crippen LogP contribution in [0.5, 0.6) is 0 Å². The number of nitrogens with one attached hydrogen (secondary N) is 2. The molecule has 0 saturated heterocycles. The zero-order valence-corrected chi connectivity index (χ0v) is 20.3. The van der Waals surface area contributed by atoms with Gasteiger partial charge in [0.15, 0.2) is 0 Å². The molecular weight excluding hydrogens is 455 g/mol. The number of benzene rings is 2. The Labute approximate surface area is 204 Å². The largest absolute Gasteiger partial charge is 0.480 e. The van der Waals surface area contributed by atoms with Crippen LogP contribution in [0.2, 0.25) is 0 Å². The van der Waals surface area contributed by atoms with Crippen molar-refractivity contribution >= 4 is 30.4 Å². The lowest BCUT2D eigenvalue weighted by molar-refractivity contribution is -0.143. The summed E-state index contributed by atoms with van der Waals surface area (Å²) in [5, 5.41) is 14.7. The van der Waals surface area contributed by atoms with E-state index < -0.39 is 28.7 Å². The lowest BCUT2D eigenvalue weighted by Gasteiger charge is -2.32. The van der Waals surface area contributed by atoms with Crippen LogP contribution in [0.4, 0.5) is 4.39 Å². The van der Waals surface area contributed by atoms with Crippen LogP contribution in [0.3, 0.4) is 0 Å². The summed E-state index contributed by atoms with van der Waals surface area (Å²) in [5.41, 5.74) is 0.694. The van der Waals surface area contributed by atoms with E-state index >= 15 is 0 Å². The summed E-state index contributed by atoms with van der Waals surface area (Å²) in [6, 6.07) is 12.2. The zero-order valence-electron chi connectivity index (χ0n) is 19.4. The molecule has 1 aliphatic rings. The van der Waals surface area contributed by atoms with Gasteiger partial charge < -0.3 is 15.7 Å². The van der Waals surface area contributed by atoms with Crippen LogP contribution < -0.4 is 10.6 Å². The van der Waals surface area contributed by atoms with Gasteiger partial charge in [0.1, 0.15) is 17.4 Å². The minimum absolute atomic E-state index is 0.0102. The second kappa shape index (κ2) is 11.0. The van der Waals surface area contributed by atoms with Crippen LogP contribution in [0, 0.1) is 11.7 Å². The van der Waals surface area contributed by atoms with Gasteiger partial charge in [0.2, 0.25) is 11.8 Å². The van der Waals surface area contributed by atoms with Gasteiger partial charge in [0.05, 0.1) is 5.25 Å². The molecule has 2 aromatic carbocycles. The molecule has 8 heteroatoms. The van der Waals surface area contributed by atoms with E-state index in [1.54, 1.807) is 42.5 Å². The lowest BCUT2D eigenvalue weighted by Crippen LogP contribution is -2.61. The predicted octanol–water partition coefficient (Wildman–Crippen LogP) is 3.99. The highest BCUT2D eigenvalue weighted by Crippen LogP contribution is 2.31. The van der Waals surface area contributed by atoms with Crippen LogP contribution in [0.1, 0.15) is 45.1 Å². The third-order valence-electron chi connectivity index (χ3n) is 6.34. The average molecular weight is 487 g/mol. The Hall–Kier alpha value is -2.87. The van der Waals surface area contributed by atoms with Crippen molar-refractivity contribution in [3.63, 3.8) is 0 Å². The van der Waals surface area contributed by atoms with Crippen LogP contribution in [0.25, 0.3) is 11.1 Å². The van der Waals surface area contributed by atoms with E-state index in [0.717, 1.165) is 12.8 Å². The summed E-state index contributed by atoms with van der Waals surface area (Å²) in [4.78, 5) is 37.8. The number of carboxylic acid groups (broad SMARTS) is 1. The third kappa shape index (κ3) is 5.97. The molecule has 0 unspecified atom stereocenters. The van der Waals surface area contributed by atoms with Crippen molar-refractivity contribution in [1.82, 2.24) is 10.6 Å². The molecule has 0 spiro atoms. The maximum atomic E-state index is 14.0. The van der Waals surface area contributed by atoms with E-state index in [0.29, 0.717) is 29.5 Å². The maximum Gasteiger partial charge on any atom is 0.326 e. The maximum absolute atomic E-state index is 14.0. The van der Waals surface area contributed by atoms with E-state index in [-0.39, 0.29) is 24.1 Å². The van der Waals surface area contributed by atoms with Crippen LogP contribution in [-0.4, -0.2) is 39.7 Å². The van der Waals surface area contributed by atoms with Gasteiger partial charge in [-0.15, -0.1) is 0 Å². The second-order valence-corrected chi connectivity index (χ2v) is 9.77. The number of carbonyl (C=O) groups is 3. The second-order valence-electron chi connectivity index (χ2n) is 9.21. The first kappa shape index (κ1) is 25.7. The van der Waals surface area contributed by atoms with E-state index in [1.165, 1.54) is 6.07 Å². The summed E-state index contributed by atoms with van der Waals surface area (Å²) in [6.07, 6.45) is 2.49. The Kier molecular flexibility index (Phi) is 8.36. The molecule has 2 aromatic rings. The monoisotopic (exact) mass is 486 g/mol. The van der Waals surface area contributed by atoms with E-state index in [9.17, 15) is 23.9 Å². The van der Waals surface area contributed by atoms with Crippen molar-refractivity contribution in [2.75, 3.05) is 0 Å². The summed E-state index contributed by atoms with van der Waals surface area (Å²) in [7, 11) is 0. The molecule has 2 amide bonds. The molecule has 1 aliphatic carbocycles. The fourth-order valence-corrected chi connectivity index (χ4v) is 4.31. The number of aliphatic carboxylic acids is 1. The first-order valence-corrected chi connectivity index (χ1v) is 12.0. The lowest BCUT2D eigenvalue weighted by atomic mass is 9.94. The molecule has 6 nitrogen and oxygen atoms in total. The highest BCUT2D eigenvalue weighted by molar-refractivity contribution is 7.81. The SMILES string of the molecule is CC(C)[C@H](S)C(=O)NC1(C(=O)N[C@@H](Cc2ccc(-c3ccccc3F)cc2)C(=O)O)CCCC1. The van der Waals surface area contributed by atoms with Gasteiger partial charge in [-0.05, 0) is 36.0 Å². The fourth-order valence-electron chi connectivity index (χ4n) is 4.25. The molecule has 1 saturated carbocycles. The van der Waals surface area contributed by atoms with Gasteiger partial charge in [-0.25, -0.2) is 9.18 Å². The molecule has 0 radical (unpaired) electrons. The molecule has 0 aliphatic heterocycles. The van der Waals surface area contributed by atoms with Gasteiger partial charge in [-0.3, -0.25) is 9.59 Å². The minimum atomic E-state index is -1.17. The molecule has 3 N–H and O–H groups in total. The summed E-state index contributed by atoms with van der Waals surface area (Å²) >= 11 is 4.35. The van der Waals surface area contributed by atoms with Crippen LogP contribution >= 0.6 is 12.6 Å². The predicted molar refractivity (Wildman–Crippen MR) is 132 cm³/mol. The number of hydrogen-bond acceptors (Lipinski definition) is 4. The quantitative estimate of drug-likeness (QED) is 0.403. The summed E-state index contributed by atoms with van der Waals surface area (Å²) < 4.78 is 14.0. The Morgan fingerprint density at radius 2 is 1.68 bits per heavy atom. The molecule has 182 valence electrons. The van der Waals surface area contributed by atoms with Gasteiger partial charge in [0.25, 0.3) is 0 Å². The normalized spacial score (nSPS) is 16.6. The Morgan fingerprint density at radius 1 is 1.06 bits per heavy atom. The number of rotatable bonds is 9. The highest BCUT2D eigenvalue weighted by Gasteiger charge is 2.44. The Morgan fingerprint density at radius 3 is 2.24 bits per heavy atom. The van der Waals surface area contributed by atoms with Gasteiger partial charge in [-0.1, -0.05) is 69.2 Å². The Balaban J connectivity index is 1.72. The first-order chi connectivity index (χ1) is 16.1. The summed E-state index contributed by atoms with van der Waals surface area (Å²) in [6.45, 7) is 3.74. The average Bonchev–Trinajstić information content (AvgIpc) is 3.28. The van der Waals surface area contributed by atoms with Crippen LogP contribution in [0.15, 0.2) is 48.5 Å². The zero-order chi connectivity index (χ0) is 24.9. The number of halogens is 1. The standard InChI is InChI=1S/C26H31FN2O4S/c1-16(2)22(34)23(30)29-26(13-5-6-14-26)25(33)28-21(24(31)32)15-17-9-11-18(12-10-17)19-7-3-4-8-20(19)27/h3-4,7-12,16,21-22,34H,5-6,13-15H2,1-2H3,(H,28,33)(H,29,30)(H,31,32)/t21-,22-/m0/s1. The number of hydrogen-bond donors (Lipinski definition) is 4. The molecule has 0 heterocycles. The fraction of sp³-hybridized carbons (Fsp3) is 0.423. The topological polar surface area (TPSA) is 95.5 Å². The van der Waals surface area contributed by atoms with Crippen molar-refractivity contribution in [1.29, 1.82) is 0 Å².